The van der Waals surface area contributed by atoms with Gasteiger partial charge < -0.3 is 5.32 Å². The first-order chi connectivity index (χ1) is 14.3. The maximum atomic E-state index is 12.5. The second-order valence-corrected chi connectivity index (χ2v) is 8.30. The second-order valence-electron chi connectivity index (χ2n) is 7.44. The summed E-state index contributed by atoms with van der Waals surface area (Å²) in [7, 11) is 0. The summed E-state index contributed by atoms with van der Waals surface area (Å²) < 4.78 is 0. The number of hydrogen-bond acceptors (Lipinski definition) is 5. The Morgan fingerprint density at radius 3 is 2.69 bits per heavy atom. The Morgan fingerprint density at radius 1 is 1.07 bits per heavy atom. The molecule has 29 heavy (non-hydrogen) atoms. The highest BCUT2D eigenvalue weighted by molar-refractivity contribution is 7.13. The van der Waals surface area contributed by atoms with E-state index in [2.05, 4.69) is 38.4 Å². The fourth-order valence-electron chi connectivity index (χ4n) is 3.67. The zero-order chi connectivity index (χ0) is 19.9. The molecule has 0 radical (unpaired) electrons. The van der Waals surface area contributed by atoms with E-state index >= 15 is 0 Å². The van der Waals surface area contributed by atoms with Crippen LogP contribution in [0, 0.1) is 0 Å². The van der Waals surface area contributed by atoms with Gasteiger partial charge in [-0.15, -0.1) is 11.3 Å². The quantitative estimate of drug-likeness (QED) is 0.643. The van der Waals surface area contributed by atoms with E-state index in [1.165, 1.54) is 43.5 Å². The summed E-state index contributed by atoms with van der Waals surface area (Å²) in [6.07, 6.45) is 7.75. The number of thiazole rings is 1. The van der Waals surface area contributed by atoms with Crippen LogP contribution in [0.5, 0.6) is 0 Å². The molecule has 1 amide bonds. The van der Waals surface area contributed by atoms with Crippen molar-refractivity contribution < 1.29 is 4.79 Å². The first-order valence-corrected chi connectivity index (χ1v) is 11.1. The highest BCUT2D eigenvalue weighted by Crippen LogP contribution is 2.23. The van der Waals surface area contributed by atoms with E-state index in [-0.39, 0.29) is 5.91 Å². The Hall–Kier alpha value is -2.57. The normalized spacial score (nSPS) is 14.6. The molecular formula is C23H26N4OS. The molecule has 1 aliphatic heterocycles. The molecule has 0 saturated carbocycles. The monoisotopic (exact) mass is 406 g/mol. The Labute approximate surface area is 175 Å². The van der Waals surface area contributed by atoms with Gasteiger partial charge in [-0.25, -0.2) is 4.98 Å². The van der Waals surface area contributed by atoms with Gasteiger partial charge in [0.2, 0.25) is 5.91 Å². The van der Waals surface area contributed by atoms with Gasteiger partial charge in [0, 0.05) is 36.4 Å². The average molecular weight is 407 g/mol. The molecule has 4 rings (SSSR count). The van der Waals surface area contributed by atoms with Crippen molar-refractivity contribution in [3.05, 3.63) is 71.0 Å². The zero-order valence-corrected chi connectivity index (χ0v) is 17.3. The smallest absolute Gasteiger partial charge is 0.226 e. The molecule has 1 fully saturated rings. The molecule has 3 aromatic rings. The number of carbonyl (C=O) groups excluding carboxylic acids is 1. The lowest BCUT2D eigenvalue weighted by Crippen LogP contribution is -2.30. The first kappa shape index (κ1) is 19.7. The fourth-order valence-corrected chi connectivity index (χ4v) is 4.48. The maximum Gasteiger partial charge on any atom is 0.226 e. The van der Waals surface area contributed by atoms with Gasteiger partial charge >= 0.3 is 0 Å². The number of likely N-dealkylation sites (tertiary alicyclic amines) is 1. The second kappa shape index (κ2) is 9.76. The molecular weight excluding hydrogens is 380 g/mol. The summed E-state index contributed by atoms with van der Waals surface area (Å²) in [5.41, 5.74) is 4.28. The van der Waals surface area contributed by atoms with Crippen molar-refractivity contribution >= 4 is 17.2 Å². The van der Waals surface area contributed by atoms with Crippen molar-refractivity contribution in [2.75, 3.05) is 13.1 Å². The molecule has 6 heteroatoms. The van der Waals surface area contributed by atoms with Crippen LogP contribution in [-0.2, 0) is 24.3 Å². The van der Waals surface area contributed by atoms with Crippen molar-refractivity contribution in [2.45, 2.75) is 38.8 Å². The first-order valence-electron chi connectivity index (χ1n) is 10.2. The molecule has 150 valence electrons. The van der Waals surface area contributed by atoms with Crippen molar-refractivity contribution in [1.29, 1.82) is 0 Å². The summed E-state index contributed by atoms with van der Waals surface area (Å²) in [6, 6.07) is 12.3. The van der Waals surface area contributed by atoms with Gasteiger partial charge in [0.1, 0.15) is 5.01 Å². The van der Waals surface area contributed by atoms with E-state index in [1.54, 1.807) is 23.7 Å². The van der Waals surface area contributed by atoms with Crippen LogP contribution in [0.2, 0.25) is 0 Å². The number of hydrogen-bond donors (Lipinski definition) is 1. The van der Waals surface area contributed by atoms with Gasteiger partial charge in [-0.3, -0.25) is 14.7 Å². The number of nitrogens with one attached hydrogen (secondary N) is 1. The lowest BCUT2D eigenvalue weighted by atomic mass is 10.0. The highest BCUT2D eigenvalue weighted by atomic mass is 32.1. The topological polar surface area (TPSA) is 58.1 Å². The van der Waals surface area contributed by atoms with Crippen LogP contribution in [0.1, 0.15) is 36.1 Å². The van der Waals surface area contributed by atoms with E-state index in [9.17, 15) is 4.79 Å². The SMILES string of the molecule is O=C(Cc1csc(-c2cccnc2)n1)NCc1ccccc1CN1CCCCC1. The molecule has 0 unspecified atom stereocenters. The summed E-state index contributed by atoms with van der Waals surface area (Å²) in [6.45, 7) is 3.86. The van der Waals surface area contributed by atoms with Gasteiger partial charge in [0.05, 0.1) is 12.1 Å². The third kappa shape index (κ3) is 5.49. The van der Waals surface area contributed by atoms with Gasteiger partial charge in [0.15, 0.2) is 0 Å². The molecule has 0 bridgehead atoms. The number of carbonyl (C=O) groups is 1. The maximum absolute atomic E-state index is 12.5. The molecule has 3 heterocycles. The van der Waals surface area contributed by atoms with E-state index in [4.69, 9.17) is 0 Å². The number of amides is 1. The Morgan fingerprint density at radius 2 is 1.90 bits per heavy atom. The molecule has 1 aromatic carbocycles. The van der Waals surface area contributed by atoms with E-state index < -0.39 is 0 Å². The number of aromatic nitrogens is 2. The number of benzene rings is 1. The number of nitrogens with zero attached hydrogens (tertiary/aromatic N) is 3. The van der Waals surface area contributed by atoms with E-state index in [1.807, 2.05) is 23.6 Å². The van der Waals surface area contributed by atoms with Crippen molar-refractivity contribution in [3.63, 3.8) is 0 Å². The average Bonchev–Trinajstić information content (AvgIpc) is 3.23. The molecule has 2 aromatic heterocycles. The van der Waals surface area contributed by atoms with Crippen molar-refractivity contribution in [3.8, 4) is 10.6 Å². The minimum Gasteiger partial charge on any atom is -0.352 e. The predicted molar refractivity (Wildman–Crippen MR) is 116 cm³/mol. The molecule has 1 saturated heterocycles. The highest BCUT2D eigenvalue weighted by Gasteiger charge is 2.13. The Kier molecular flexibility index (Phi) is 6.64. The van der Waals surface area contributed by atoms with Crippen LogP contribution in [0.15, 0.2) is 54.2 Å². The standard InChI is InChI=1S/C23H26N4OS/c28-22(13-21-17-29-23(26-21)19-9-6-10-24-14-19)25-15-18-7-2-3-8-20(18)16-27-11-4-1-5-12-27/h2-3,6-10,14,17H,1,4-5,11-13,15-16H2,(H,25,28). The minimum absolute atomic E-state index is 0.000752. The van der Waals surface area contributed by atoms with Crippen LogP contribution >= 0.6 is 11.3 Å². The summed E-state index contributed by atoms with van der Waals surface area (Å²) >= 11 is 1.54. The summed E-state index contributed by atoms with van der Waals surface area (Å²) in [4.78, 5) is 23.7. The van der Waals surface area contributed by atoms with Gasteiger partial charge in [-0.2, -0.15) is 0 Å². The van der Waals surface area contributed by atoms with Crippen LogP contribution in [0.25, 0.3) is 10.6 Å². The zero-order valence-electron chi connectivity index (χ0n) is 16.5. The third-order valence-electron chi connectivity index (χ3n) is 5.24. The number of piperidine rings is 1. The van der Waals surface area contributed by atoms with Crippen LogP contribution in [-0.4, -0.2) is 33.9 Å². The molecule has 0 aliphatic carbocycles. The Bertz CT molecular complexity index is 935. The summed E-state index contributed by atoms with van der Waals surface area (Å²) in [5.74, 6) is 0.000752. The minimum atomic E-state index is 0.000752. The summed E-state index contributed by atoms with van der Waals surface area (Å²) in [5, 5.41) is 5.92. The molecule has 1 aliphatic rings. The third-order valence-corrected chi connectivity index (χ3v) is 6.18. The largest absolute Gasteiger partial charge is 0.352 e. The van der Waals surface area contributed by atoms with Gasteiger partial charge in [-0.05, 0) is 49.2 Å². The molecule has 0 atom stereocenters. The number of pyridine rings is 1. The van der Waals surface area contributed by atoms with Crippen LogP contribution < -0.4 is 5.32 Å². The van der Waals surface area contributed by atoms with Crippen LogP contribution in [0.4, 0.5) is 0 Å². The van der Waals surface area contributed by atoms with E-state index in [0.717, 1.165) is 22.8 Å². The van der Waals surface area contributed by atoms with Crippen molar-refractivity contribution in [2.24, 2.45) is 0 Å². The fraction of sp³-hybridized carbons (Fsp3) is 0.348. The Balaban J connectivity index is 1.32. The van der Waals surface area contributed by atoms with Gasteiger partial charge in [-0.1, -0.05) is 30.7 Å². The number of rotatable bonds is 7. The molecule has 1 N–H and O–H groups in total. The van der Waals surface area contributed by atoms with Crippen LogP contribution in [0.3, 0.4) is 0 Å². The molecule has 5 nitrogen and oxygen atoms in total. The predicted octanol–water partition coefficient (Wildman–Crippen LogP) is 4.05. The molecule has 0 spiro atoms. The lowest BCUT2D eigenvalue weighted by Gasteiger charge is -2.27. The van der Waals surface area contributed by atoms with E-state index in [0.29, 0.717) is 13.0 Å². The lowest BCUT2D eigenvalue weighted by molar-refractivity contribution is -0.120. The van der Waals surface area contributed by atoms with Gasteiger partial charge in [0.25, 0.3) is 0 Å². The van der Waals surface area contributed by atoms with Crippen molar-refractivity contribution in [1.82, 2.24) is 20.2 Å².